The lowest BCUT2D eigenvalue weighted by Crippen LogP contribution is -2.28. The third-order valence-corrected chi connectivity index (χ3v) is 2.92. The molecule has 0 spiro atoms. The lowest BCUT2D eigenvalue weighted by molar-refractivity contribution is 0.0785. The summed E-state index contributed by atoms with van der Waals surface area (Å²) < 4.78 is 0.900. The SMILES string of the molecule is Cc1ccc(Br)cc1C(=O)N(C)CCCO. The molecule has 1 aromatic carbocycles. The minimum absolute atomic E-state index is 0.00718. The fraction of sp³-hybridized carbons (Fsp3) is 0.417. The van der Waals surface area contributed by atoms with Crippen LogP contribution in [-0.4, -0.2) is 36.1 Å². The van der Waals surface area contributed by atoms with Gasteiger partial charge in [0.2, 0.25) is 0 Å². The van der Waals surface area contributed by atoms with Crippen LogP contribution in [0.5, 0.6) is 0 Å². The molecule has 0 saturated carbocycles. The monoisotopic (exact) mass is 285 g/mol. The first-order chi connectivity index (χ1) is 7.56. The molecule has 0 aliphatic heterocycles. The van der Waals surface area contributed by atoms with Crippen LogP contribution in [0.4, 0.5) is 0 Å². The van der Waals surface area contributed by atoms with Crippen molar-refractivity contribution in [1.82, 2.24) is 4.90 Å². The van der Waals surface area contributed by atoms with E-state index in [4.69, 9.17) is 5.11 Å². The molecule has 0 bridgehead atoms. The molecule has 0 aliphatic rings. The second kappa shape index (κ2) is 6.01. The summed E-state index contributed by atoms with van der Waals surface area (Å²) >= 11 is 3.36. The minimum Gasteiger partial charge on any atom is -0.396 e. The van der Waals surface area contributed by atoms with Gasteiger partial charge in [0.05, 0.1) is 0 Å². The average molecular weight is 286 g/mol. The Labute approximate surface area is 104 Å². The number of aliphatic hydroxyl groups is 1. The van der Waals surface area contributed by atoms with Gasteiger partial charge in [-0.1, -0.05) is 22.0 Å². The molecule has 0 heterocycles. The zero-order valence-electron chi connectivity index (χ0n) is 9.53. The van der Waals surface area contributed by atoms with Crippen molar-refractivity contribution < 1.29 is 9.90 Å². The summed E-state index contributed by atoms with van der Waals surface area (Å²) in [4.78, 5) is 13.7. The van der Waals surface area contributed by atoms with Crippen molar-refractivity contribution in [3.05, 3.63) is 33.8 Å². The molecule has 1 aromatic rings. The number of amides is 1. The van der Waals surface area contributed by atoms with Gasteiger partial charge >= 0.3 is 0 Å². The summed E-state index contributed by atoms with van der Waals surface area (Å²) in [5.41, 5.74) is 1.67. The molecule has 4 heteroatoms. The van der Waals surface area contributed by atoms with Crippen LogP contribution in [0.2, 0.25) is 0 Å². The highest BCUT2D eigenvalue weighted by molar-refractivity contribution is 9.10. The Hall–Kier alpha value is -0.870. The predicted molar refractivity (Wildman–Crippen MR) is 67.5 cm³/mol. The normalized spacial score (nSPS) is 10.2. The highest BCUT2D eigenvalue weighted by Crippen LogP contribution is 2.17. The van der Waals surface area contributed by atoms with E-state index in [1.165, 1.54) is 0 Å². The van der Waals surface area contributed by atoms with E-state index in [2.05, 4.69) is 15.9 Å². The van der Waals surface area contributed by atoms with Gasteiger partial charge in [-0.3, -0.25) is 4.79 Å². The molecule has 0 unspecified atom stereocenters. The summed E-state index contributed by atoms with van der Waals surface area (Å²) in [5, 5.41) is 8.72. The van der Waals surface area contributed by atoms with Crippen molar-refractivity contribution in [1.29, 1.82) is 0 Å². The number of rotatable bonds is 4. The second-order valence-electron chi connectivity index (χ2n) is 3.76. The molecule has 3 nitrogen and oxygen atoms in total. The van der Waals surface area contributed by atoms with Crippen LogP contribution in [0.15, 0.2) is 22.7 Å². The smallest absolute Gasteiger partial charge is 0.253 e. The summed E-state index contributed by atoms with van der Waals surface area (Å²) in [6, 6.07) is 5.66. The van der Waals surface area contributed by atoms with Gasteiger partial charge in [-0.15, -0.1) is 0 Å². The summed E-state index contributed by atoms with van der Waals surface area (Å²) in [5.74, 6) is -0.00718. The second-order valence-corrected chi connectivity index (χ2v) is 4.68. The van der Waals surface area contributed by atoms with Gasteiger partial charge in [0.15, 0.2) is 0 Å². The number of hydrogen-bond donors (Lipinski definition) is 1. The lowest BCUT2D eigenvalue weighted by Gasteiger charge is -2.17. The van der Waals surface area contributed by atoms with Crippen molar-refractivity contribution in [2.75, 3.05) is 20.2 Å². The average Bonchev–Trinajstić information content (AvgIpc) is 2.28. The number of hydrogen-bond acceptors (Lipinski definition) is 2. The predicted octanol–water partition coefficient (Wildman–Crippen LogP) is 2.21. The first-order valence-corrected chi connectivity index (χ1v) is 5.98. The fourth-order valence-corrected chi connectivity index (χ4v) is 1.80. The third kappa shape index (κ3) is 3.32. The first kappa shape index (κ1) is 13.2. The van der Waals surface area contributed by atoms with Crippen LogP contribution in [0.1, 0.15) is 22.3 Å². The Morgan fingerprint density at radius 2 is 2.19 bits per heavy atom. The summed E-state index contributed by atoms with van der Waals surface area (Å²) in [7, 11) is 1.75. The van der Waals surface area contributed by atoms with Gasteiger partial charge in [0, 0.05) is 30.2 Å². The standard InChI is InChI=1S/C12H16BrNO2/c1-9-4-5-10(13)8-11(9)12(16)14(2)6-3-7-15/h4-5,8,15H,3,6-7H2,1-2H3. The van der Waals surface area contributed by atoms with E-state index >= 15 is 0 Å². The van der Waals surface area contributed by atoms with Crippen molar-refractivity contribution in [2.24, 2.45) is 0 Å². The Balaban J connectivity index is 2.83. The summed E-state index contributed by atoms with van der Waals surface area (Å²) in [6.07, 6.45) is 0.606. The van der Waals surface area contributed by atoms with Crippen LogP contribution in [0.3, 0.4) is 0 Å². The van der Waals surface area contributed by atoms with Gasteiger partial charge in [-0.05, 0) is 31.0 Å². The van der Waals surface area contributed by atoms with Gasteiger partial charge in [-0.2, -0.15) is 0 Å². The first-order valence-electron chi connectivity index (χ1n) is 5.18. The van der Waals surface area contributed by atoms with Crippen LogP contribution in [0.25, 0.3) is 0 Å². The molecule has 1 amide bonds. The Bertz CT molecular complexity index is 379. The number of halogens is 1. The van der Waals surface area contributed by atoms with Gasteiger partial charge in [-0.25, -0.2) is 0 Å². The quantitative estimate of drug-likeness (QED) is 0.922. The maximum Gasteiger partial charge on any atom is 0.253 e. The lowest BCUT2D eigenvalue weighted by atomic mass is 10.1. The van der Waals surface area contributed by atoms with Gasteiger partial charge in [0.25, 0.3) is 5.91 Å². The molecule has 0 fully saturated rings. The van der Waals surface area contributed by atoms with Gasteiger partial charge < -0.3 is 10.0 Å². The number of carbonyl (C=O) groups excluding carboxylic acids is 1. The van der Waals surface area contributed by atoms with E-state index in [0.717, 1.165) is 10.0 Å². The zero-order chi connectivity index (χ0) is 12.1. The molecular weight excluding hydrogens is 270 g/mol. The van der Waals surface area contributed by atoms with Crippen molar-refractivity contribution in [3.8, 4) is 0 Å². The van der Waals surface area contributed by atoms with Crippen molar-refractivity contribution in [3.63, 3.8) is 0 Å². The fourth-order valence-electron chi connectivity index (χ4n) is 1.44. The Morgan fingerprint density at radius 3 is 2.81 bits per heavy atom. The van der Waals surface area contributed by atoms with Crippen LogP contribution >= 0.6 is 15.9 Å². The van der Waals surface area contributed by atoms with Crippen molar-refractivity contribution in [2.45, 2.75) is 13.3 Å². The minimum atomic E-state index is -0.00718. The Kier molecular flexibility index (Phi) is 4.96. The highest BCUT2D eigenvalue weighted by atomic mass is 79.9. The largest absolute Gasteiger partial charge is 0.396 e. The Morgan fingerprint density at radius 1 is 1.50 bits per heavy atom. The van der Waals surface area contributed by atoms with E-state index < -0.39 is 0 Å². The van der Waals surface area contributed by atoms with Crippen LogP contribution < -0.4 is 0 Å². The number of aliphatic hydroxyl groups excluding tert-OH is 1. The molecule has 0 saturated heterocycles. The molecule has 1 rings (SSSR count). The van der Waals surface area contributed by atoms with E-state index in [1.807, 2.05) is 25.1 Å². The number of nitrogens with zero attached hydrogens (tertiary/aromatic N) is 1. The highest BCUT2D eigenvalue weighted by Gasteiger charge is 2.13. The number of aryl methyl sites for hydroxylation is 1. The van der Waals surface area contributed by atoms with Crippen LogP contribution in [-0.2, 0) is 0 Å². The number of carbonyl (C=O) groups is 1. The molecule has 16 heavy (non-hydrogen) atoms. The molecule has 88 valence electrons. The summed E-state index contributed by atoms with van der Waals surface area (Å²) in [6.45, 7) is 2.59. The molecule has 0 atom stereocenters. The van der Waals surface area contributed by atoms with E-state index in [1.54, 1.807) is 11.9 Å². The third-order valence-electron chi connectivity index (χ3n) is 2.43. The molecule has 1 N–H and O–H groups in total. The van der Waals surface area contributed by atoms with Crippen molar-refractivity contribution >= 4 is 21.8 Å². The molecule has 0 aliphatic carbocycles. The number of benzene rings is 1. The molecule has 0 aromatic heterocycles. The maximum atomic E-state index is 12.0. The topological polar surface area (TPSA) is 40.5 Å². The molecule has 0 radical (unpaired) electrons. The zero-order valence-corrected chi connectivity index (χ0v) is 11.1. The van der Waals surface area contributed by atoms with Gasteiger partial charge in [0.1, 0.15) is 0 Å². The van der Waals surface area contributed by atoms with E-state index in [9.17, 15) is 4.79 Å². The molecular formula is C12H16BrNO2. The van der Waals surface area contributed by atoms with Crippen LogP contribution in [0, 0.1) is 6.92 Å². The van der Waals surface area contributed by atoms with E-state index in [-0.39, 0.29) is 12.5 Å². The van der Waals surface area contributed by atoms with E-state index in [0.29, 0.717) is 18.5 Å². The maximum absolute atomic E-state index is 12.0.